The van der Waals surface area contributed by atoms with Crippen LogP contribution in [0.4, 0.5) is 5.69 Å². The molecule has 1 rings (SSSR count). The third-order valence-corrected chi connectivity index (χ3v) is 3.17. The molecule has 2 N–H and O–H groups in total. The molecule has 10 heteroatoms. The van der Waals surface area contributed by atoms with Crippen molar-refractivity contribution >= 4 is 52.3 Å². The first-order valence-electron chi connectivity index (χ1n) is 5.53. The van der Waals surface area contributed by atoms with Crippen LogP contribution in [0, 0.1) is 10.1 Å². The Hall–Kier alpha value is -1.57. The van der Waals surface area contributed by atoms with E-state index < -0.39 is 22.9 Å². The van der Waals surface area contributed by atoms with E-state index >= 15 is 0 Å². The fourth-order valence-electron chi connectivity index (χ4n) is 1.45. The second-order valence-electron chi connectivity index (χ2n) is 3.80. The van der Waals surface area contributed by atoms with Crippen LogP contribution in [-0.4, -0.2) is 28.5 Å². The molecule has 0 saturated heterocycles. The molecule has 0 fully saturated rings. The van der Waals surface area contributed by atoms with Crippen molar-refractivity contribution in [3.63, 3.8) is 0 Å². The molecule has 0 heterocycles. The number of nitrogens with zero attached hydrogens (tertiary/aromatic N) is 1. The number of carbonyl (C=O) groups excluding carboxylic acids is 2. The van der Waals surface area contributed by atoms with Gasteiger partial charge in [-0.25, -0.2) is 0 Å². The highest BCUT2D eigenvalue weighted by molar-refractivity contribution is 6.31. The average Bonchev–Trinajstić information content (AvgIpc) is 2.45. The molecule has 0 aromatic heterocycles. The van der Waals surface area contributed by atoms with Crippen molar-refractivity contribution in [3.8, 4) is 0 Å². The fraction of sp³-hybridized carbons (Fsp3) is 0.273. The van der Waals surface area contributed by atoms with Crippen LogP contribution < -0.4 is 10.6 Å². The summed E-state index contributed by atoms with van der Waals surface area (Å²) in [5, 5.41) is 15.5. The maximum atomic E-state index is 11.4. The number of amides is 2. The Morgan fingerprint density at radius 2 is 1.71 bits per heavy atom. The zero-order chi connectivity index (χ0) is 16.0. The molecule has 114 valence electrons. The molecule has 0 radical (unpaired) electrons. The molecule has 0 aliphatic rings. The fourth-order valence-corrected chi connectivity index (χ4v) is 1.89. The quantitative estimate of drug-likeness (QED) is 0.353. The molecular formula is C11H10Cl3N3O4. The minimum absolute atomic E-state index is 0.0129. The van der Waals surface area contributed by atoms with E-state index in [1.165, 1.54) is 12.1 Å². The minimum atomic E-state index is -0.990. The van der Waals surface area contributed by atoms with Crippen LogP contribution in [0.25, 0.3) is 0 Å². The van der Waals surface area contributed by atoms with Crippen molar-refractivity contribution in [2.75, 3.05) is 11.8 Å². The van der Waals surface area contributed by atoms with Gasteiger partial charge < -0.3 is 10.6 Å². The van der Waals surface area contributed by atoms with Crippen LogP contribution in [0.1, 0.15) is 11.7 Å². The van der Waals surface area contributed by atoms with Crippen molar-refractivity contribution in [3.05, 3.63) is 38.9 Å². The van der Waals surface area contributed by atoms with Crippen molar-refractivity contribution in [1.82, 2.24) is 10.6 Å². The highest BCUT2D eigenvalue weighted by Gasteiger charge is 2.20. The van der Waals surface area contributed by atoms with Crippen LogP contribution >= 0.6 is 34.8 Å². The Balaban J connectivity index is 3.09. The first-order valence-corrected chi connectivity index (χ1v) is 6.98. The van der Waals surface area contributed by atoms with E-state index in [0.717, 1.165) is 6.07 Å². The van der Waals surface area contributed by atoms with Crippen molar-refractivity contribution in [2.24, 2.45) is 0 Å². The number of alkyl halides is 2. The van der Waals surface area contributed by atoms with E-state index in [1.807, 2.05) is 0 Å². The first-order chi connectivity index (χ1) is 9.88. The van der Waals surface area contributed by atoms with Gasteiger partial charge in [0.05, 0.1) is 9.95 Å². The second-order valence-corrected chi connectivity index (χ2v) is 4.74. The molecule has 0 aliphatic carbocycles. The van der Waals surface area contributed by atoms with Gasteiger partial charge in [0.1, 0.15) is 17.9 Å². The Labute approximate surface area is 134 Å². The summed E-state index contributed by atoms with van der Waals surface area (Å²) in [6.45, 7) is 0. The van der Waals surface area contributed by atoms with Gasteiger partial charge >= 0.3 is 0 Å². The van der Waals surface area contributed by atoms with Gasteiger partial charge in [-0.05, 0) is 6.07 Å². The number of halogens is 3. The van der Waals surface area contributed by atoms with E-state index in [2.05, 4.69) is 10.6 Å². The highest BCUT2D eigenvalue weighted by Crippen LogP contribution is 2.26. The Bertz CT molecular complexity index is 550. The first kappa shape index (κ1) is 17.5. The van der Waals surface area contributed by atoms with Crippen molar-refractivity contribution in [2.45, 2.75) is 6.17 Å². The SMILES string of the molecule is O=C(CCl)NC(NC(=O)CCl)c1ccc([N+](=O)[O-])cc1Cl. The third-order valence-electron chi connectivity index (χ3n) is 2.36. The number of non-ortho nitro benzene ring substituents is 1. The number of hydrogen-bond donors (Lipinski definition) is 2. The summed E-state index contributed by atoms with van der Waals surface area (Å²) in [6.07, 6.45) is -0.990. The Kier molecular flexibility index (Phi) is 6.67. The standard InChI is InChI=1S/C11H10Cl3N3O4/c12-4-9(18)15-11(16-10(19)5-13)7-2-1-6(17(20)21)3-8(7)14/h1-3,11H,4-5H2,(H,15,18)(H,16,19). The highest BCUT2D eigenvalue weighted by atomic mass is 35.5. The molecule has 0 aliphatic heterocycles. The van der Waals surface area contributed by atoms with Crippen LogP contribution in [0.15, 0.2) is 18.2 Å². The summed E-state index contributed by atoms with van der Waals surface area (Å²) >= 11 is 16.7. The van der Waals surface area contributed by atoms with Crippen LogP contribution in [0.3, 0.4) is 0 Å². The molecule has 21 heavy (non-hydrogen) atoms. The molecule has 0 bridgehead atoms. The number of rotatable bonds is 6. The number of benzene rings is 1. The van der Waals surface area contributed by atoms with Crippen molar-refractivity contribution in [1.29, 1.82) is 0 Å². The van der Waals surface area contributed by atoms with Gasteiger partial charge in [0.15, 0.2) is 0 Å². The number of nitrogens with one attached hydrogen (secondary N) is 2. The van der Waals surface area contributed by atoms with Crippen LogP contribution in [0.2, 0.25) is 5.02 Å². The molecule has 0 saturated carbocycles. The lowest BCUT2D eigenvalue weighted by molar-refractivity contribution is -0.384. The summed E-state index contributed by atoms with van der Waals surface area (Å²) in [4.78, 5) is 32.8. The lowest BCUT2D eigenvalue weighted by atomic mass is 10.1. The molecule has 1 aromatic rings. The largest absolute Gasteiger partial charge is 0.331 e. The van der Waals surface area contributed by atoms with Gasteiger partial charge in [-0.15, -0.1) is 23.2 Å². The van der Waals surface area contributed by atoms with E-state index in [9.17, 15) is 19.7 Å². The summed E-state index contributed by atoms with van der Waals surface area (Å²) in [5.74, 6) is -1.74. The summed E-state index contributed by atoms with van der Waals surface area (Å²) < 4.78 is 0. The lowest BCUT2D eigenvalue weighted by Crippen LogP contribution is -2.42. The van der Waals surface area contributed by atoms with E-state index in [1.54, 1.807) is 0 Å². The predicted molar refractivity (Wildman–Crippen MR) is 78.6 cm³/mol. The van der Waals surface area contributed by atoms with Gasteiger partial charge in [-0.1, -0.05) is 11.6 Å². The molecule has 7 nitrogen and oxygen atoms in total. The summed E-state index contributed by atoms with van der Waals surface area (Å²) in [7, 11) is 0. The van der Waals surface area contributed by atoms with E-state index in [4.69, 9.17) is 34.8 Å². The van der Waals surface area contributed by atoms with Gasteiger partial charge in [0.25, 0.3) is 5.69 Å². The van der Waals surface area contributed by atoms with Gasteiger partial charge in [0.2, 0.25) is 11.8 Å². The number of nitro groups is 1. The van der Waals surface area contributed by atoms with Crippen LogP contribution in [-0.2, 0) is 9.59 Å². The monoisotopic (exact) mass is 353 g/mol. The molecular weight excluding hydrogens is 344 g/mol. The van der Waals surface area contributed by atoms with Gasteiger partial charge in [-0.3, -0.25) is 19.7 Å². The summed E-state index contributed by atoms with van der Waals surface area (Å²) in [5.41, 5.74) is 0.0639. The Morgan fingerprint density at radius 1 is 1.19 bits per heavy atom. The minimum Gasteiger partial charge on any atom is -0.331 e. The molecule has 0 unspecified atom stereocenters. The maximum Gasteiger partial charge on any atom is 0.270 e. The Morgan fingerprint density at radius 3 is 2.10 bits per heavy atom. The predicted octanol–water partition coefficient (Wildman–Crippen LogP) is 1.96. The number of nitro benzene ring substituents is 1. The smallest absolute Gasteiger partial charge is 0.270 e. The van der Waals surface area contributed by atoms with Crippen molar-refractivity contribution < 1.29 is 14.5 Å². The van der Waals surface area contributed by atoms with Gasteiger partial charge in [0, 0.05) is 17.7 Å². The van der Waals surface area contributed by atoms with E-state index in [-0.39, 0.29) is 28.0 Å². The zero-order valence-corrected chi connectivity index (χ0v) is 12.7. The second kappa shape index (κ2) is 8.02. The molecule has 0 atom stereocenters. The van der Waals surface area contributed by atoms with Gasteiger partial charge in [-0.2, -0.15) is 0 Å². The summed E-state index contributed by atoms with van der Waals surface area (Å²) in [6, 6.07) is 3.64. The molecule has 1 aromatic carbocycles. The maximum absolute atomic E-state index is 11.4. The average molecular weight is 355 g/mol. The normalized spacial score (nSPS) is 10.3. The van der Waals surface area contributed by atoms with E-state index in [0.29, 0.717) is 0 Å². The molecule has 2 amide bonds. The number of hydrogen-bond acceptors (Lipinski definition) is 4. The topological polar surface area (TPSA) is 101 Å². The lowest BCUT2D eigenvalue weighted by Gasteiger charge is -2.20. The number of carbonyl (C=O) groups is 2. The zero-order valence-electron chi connectivity index (χ0n) is 10.4. The van der Waals surface area contributed by atoms with Crippen LogP contribution in [0.5, 0.6) is 0 Å². The molecule has 0 spiro atoms. The third kappa shape index (κ3) is 5.04.